The first kappa shape index (κ1) is 18.1. The summed E-state index contributed by atoms with van der Waals surface area (Å²) in [7, 11) is 1.49. The van der Waals surface area contributed by atoms with Gasteiger partial charge < -0.3 is 14.5 Å². The van der Waals surface area contributed by atoms with Crippen LogP contribution in [0.5, 0.6) is 5.75 Å². The maximum atomic E-state index is 12.7. The van der Waals surface area contributed by atoms with Crippen LogP contribution in [0, 0.1) is 0 Å². The predicted molar refractivity (Wildman–Crippen MR) is 110 cm³/mol. The van der Waals surface area contributed by atoms with Gasteiger partial charge in [-0.05, 0) is 24.3 Å². The highest BCUT2D eigenvalue weighted by Crippen LogP contribution is 2.32. The number of ether oxygens (including phenoxy) is 1. The van der Waals surface area contributed by atoms with Crippen molar-refractivity contribution in [3.05, 3.63) is 57.4 Å². The number of benzene rings is 2. The summed E-state index contributed by atoms with van der Waals surface area (Å²) >= 11 is 3.43. The summed E-state index contributed by atoms with van der Waals surface area (Å²) in [5.41, 5.74) is 0.734. The lowest BCUT2D eigenvalue weighted by Gasteiger charge is -2.11. The fraction of sp³-hybridized carbons (Fsp3) is 0.100. The lowest BCUT2D eigenvalue weighted by Crippen LogP contribution is -2.13. The highest BCUT2D eigenvalue weighted by Gasteiger charge is 2.19. The molecule has 0 aliphatic rings. The van der Waals surface area contributed by atoms with E-state index in [1.165, 1.54) is 14.0 Å². The van der Waals surface area contributed by atoms with Crippen LogP contribution in [-0.4, -0.2) is 23.0 Å². The number of anilines is 1. The summed E-state index contributed by atoms with van der Waals surface area (Å²) in [6, 6.07) is 12.7. The van der Waals surface area contributed by atoms with E-state index in [-0.39, 0.29) is 22.7 Å². The Labute approximate surface area is 167 Å². The van der Waals surface area contributed by atoms with Crippen molar-refractivity contribution in [2.75, 3.05) is 12.4 Å². The Morgan fingerprint density at radius 2 is 1.96 bits per heavy atom. The smallest absolute Gasteiger partial charge is 0.349 e. The molecule has 1 N–H and O–H groups in total. The molecule has 0 fully saturated rings. The van der Waals surface area contributed by atoms with Crippen molar-refractivity contribution >= 4 is 49.5 Å². The van der Waals surface area contributed by atoms with Gasteiger partial charge >= 0.3 is 5.63 Å². The summed E-state index contributed by atoms with van der Waals surface area (Å²) < 4.78 is 11.6. The molecule has 4 aromatic rings. The number of carbonyl (C=O) groups excluding carboxylic acids is 1. The van der Waals surface area contributed by atoms with E-state index < -0.39 is 5.63 Å². The van der Waals surface area contributed by atoms with Crippen LogP contribution >= 0.6 is 15.9 Å². The second-order valence-corrected chi connectivity index (χ2v) is 6.95. The topological polar surface area (TPSA) is 94.3 Å². The molecule has 28 heavy (non-hydrogen) atoms. The molecule has 7 nitrogen and oxygen atoms in total. The van der Waals surface area contributed by atoms with Crippen LogP contribution in [0.15, 0.2) is 56.1 Å². The highest BCUT2D eigenvalue weighted by molar-refractivity contribution is 9.10. The molecular weight excluding hydrogens is 426 g/mol. The maximum absolute atomic E-state index is 12.7. The van der Waals surface area contributed by atoms with Gasteiger partial charge in [-0.25, -0.2) is 14.8 Å². The molecule has 0 aliphatic carbocycles. The van der Waals surface area contributed by atoms with Gasteiger partial charge in [0.25, 0.3) is 0 Å². The number of nitrogens with one attached hydrogen (secondary N) is 1. The molecule has 0 unspecified atom stereocenters. The van der Waals surface area contributed by atoms with E-state index in [1.807, 2.05) is 24.3 Å². The molecule has 8 heteroatoms. The molecule has 0 aliphatic heterocycles. The number of halogens is 1. The number of fused-ring (bicyclic) bond motifs is 3. The van der Waals surface area contributed by atoms with Gasteiger partial charge in [0.2, 0.25) is 5.91 Å². The molecule has 0 saturated heterocycles. The molecule has 140 valence electrons. The van der Waals surface area contributed by atoms with Crippen molar-refractivity contribution in [1.82, 2.24) is 9.97 Å². The number of nitrogens with zero attached hydrogens (tertiary/aromatic N) is 2. The van der Waals surface area contributed by atoms with Crippen LogP contribution in [0.2, 0.25) is 0 Å². The number of hydrogen-bond acceptors (Lipinski definition) is 6. The number of aromatic nitrogens is 2. The molecule has 1 amide bonds. The minimum atomic E-state index is -0.656. The van der Waals surface area contributed by atoms with E-state index in [0.717, 1.165) is 10.0 Å². The first-order valence-corrected chi connectivity index (χ1v) is 9.12. The number of methoxy groups -OCH3 is 1. The lowest BCUT2D eigenvalue weighted by molar-refractivity contribution is -0.114. The molecule has 2 aromatic heterocycles. The average Bonchev–Trinajstić information content (AvgIpc) is 2.67. The van der Waals surface area contributed by atoms with Gasteiger partial charge in [-0.3, -0.25) is 4.79 Å². The Kier molecular flexibility index (Phi) is 4.56. The Morgan fingerprint density at radius 1 is 1.18 bits per heavy atom. The van der Waals surface area contributed by atoms with Crippen molar-refractivity contribution in [1.29, 1.82) is 0 Å². The van der Waals surface area contributed by atoms with E-state index in [4.69, 9.17) is 9.15 Å². The van der Waals surface area contributed by atoms with Crippen molar-refractivity contribution in [2.45, 2.75) is 6.92 Å². The van der Waals surface area contributed by atoms with Gasteiger partial charge in [0.05, 0.1) is 12.6 Å². The Balaban J connectivity index is 2.15. The second-order valence-electron chi connectivity index (χ2n) is 6.04. The molecule has 4 rings (SSSR count). The third kappa shape index (κ3) is 3.11. The summed E-state index contributed by atoms with van der Waals surface area (Å²) in [6.45, 7) is 1.35. The number of para-hydroxylation sites is 1. The zero-order chi connectivity index (χ0) is 19.8. The fourth-order valence-corrected chi connectivity index (χ4v) is 3.37. The molecule has 0 atom stereocenters. The van der Waals surface area contributed by atoms with Gasteiger partial charge in [-0.1, -0.05) is 34.1 Å². The largest absolute Gasteiger partial charge is 0.493 e. The first-order valence-electron chi connectivity index (χ1n) is 8.33. The molecule has 0 radical (unpaired) electrons. The SMILES string of the molecule is COc1cccc2c1oc(=O)c1c(NC(C)=O)nc(-c3cccc(Br)c3)nc12. The van der Waals surface area contributed by atoms with Crippen LogP contribution in [0.4, 0.5) is 5.82 Å². The zero-order valence-corrected chi connectivity index (χ0v) is 16.5. The van der Waals surface area contributed by atoms with E-state index in [2.05, 4.69) is 31.2 Å². The first-order chi connectivity index (χ1) is 13.5. The van der Waals surface area contributed by atoms with Gasteiger partial charge in [-0.2, -0.15) is 0 Å². The minimum Gasteiger partial charge on any atom is -0.493 e. The third-order valence-corrected chi connectivity index (χ3v) is 4.63. The molecular formula is C20H14BrN3O4. The Hall–Kier alpha value is -3.26. The summed E-state index contributed by atoms with van der Waals surface area (Å²) in [4.78, 5) is 33.4. The van der Waals surface area contributed by atoms with Gasteiger partial charge in [0, 0.05) is 22.3 Å². The molecule has 0 saturated carbocycles. The third-order valence-electron chi connectivity index (χ3n) is 4.14. The Bertz CT molecular complexity index is 1300. The number of carbonyl (C=O) groups is 1. The van der Waals surface area contributed by atoms with Crippen LogP contribution in [0.25, 0.3) is 33.3 Å². The highest BCUT2D eigenvalue weighted by atomic mass is 79.9. The minimum absolute atomic E-state index is 0.103. The maximum Gasteiger partial charge on any atom is 0.349 e. The summed E-state index contributed by atoms with van der Waals surface area (Å²) in [5.74, 6) is 0.531. The van der Waals surface area contributed by atoms with Crippen LogP contribution in [0.3, 0.4) is 0 Å². The number of amides is 1. The normalized spacial score (nSPS) is 11.0. The van der Waals surface area contributed by atoms with Crippen LogP contribution in [0.1, 0.15) is 6.92 Å². The quantitative estimate of drug-likeness (QED) is 0.380. The van der Waals surface area contributed by atoms with E-state index in [9.17, 15) is 9.59 Å². The second kappa shape index (κ2) is 7.05. The van der Waals surface area contributed by atoms with Gasteiger partial charge in [0.15, 0.2) is 23.0 Å². The monoisotopic (exact) mass is 439 g/mol. The van der Waals surface area contributed by atoms with Crippen molar-refractivity contribution in [2.24, 2.45) is 0 Å². The van der Waals surface area contributed by atoms with E-state index in [1.54, 1.807) is 18.2 Å². The lowest BCUT2D eigenvalue weighted by atomic mass is 10.1. The molecule has 0 spiro atoms. The van der Waals surface area contributed by atoms with E-state index in [0.29, 0.717) is 22.5 Å². The van der Waals surface area contributed by atoms with Gasteiger partial charge in [-0.15, -0.1) is 0 Å². The molecule has 2 heterocycles. The number of hydrogen-bond donors (Lipinski definition) is 1. The van der Waals surface area contributed by atoms with Crippen molar-refractivity contribution in [3.8, 4) is 17.1 Å². The van der Waals surface area contributed by atoms with Crippen molar-refractivity contribution < 1.29 is 13.9 Å². The standard InChI is InChI=1S/C20H14BrN3O4/c1-10(25)22-19-15-16(23-18(24-19)11-5-3-6-12(21)9-11)13-7-4-8-14(27-2)17(13)28-20(15)26/h3-9H,1-2H3,(H,22,23,24,25). The Morgan fingerprint density at radius 3 is 2.68 bits per heavy atom. The fourth-order valence-electron chi connectivity index (χ4n) is 2.97. The molecule has 0 bridgehead atoms. The predicted octanol–water partition coefficient (Wildman–Crippen LogP) is 4.13. The zero-order valence-electron chi connectivity index (χ0n) is 14.9. The summed E-state index contributed by atoms with van der Waals surface area (Å²) in [6.07, 6.45) is 0. The van der Waals surface area contributed by atoms with Gasteiger partial charge in [0.1, 0.15) is 5.39 Å². The van der Waals surface area contributed by atoms with Crippen LogP contribution < -0.4 is 15.7 Å². The van der Waals surface area contributed by atoms with Crippen molar-refractivity contribution in [3.63, 3.8) is 0 Å². The average molecular weight is 440 g/mol. The number of rotatable bonds is 3. The summed E-state index contributed by atoms with van der Waals surface area (Å²) in [5, 5.41) is 3.30. The van der Waals surface area contributed by atoms with E-state index >= 15 is 0 Å². The van der Waals surface area contributed by atoms with Crippen LogP contribution in [-0.2, 0) is 4.79 Å². The molecule has 2 aromatic carbocycles.